The Hall–Kier alpha value is -1.89. The van der Waals surface area contributed by atoms with Crippen molar-refractivity contribution in [1.82, 2.24) is 20.1 Å². The van der Waals surface area contributed by atoms with Crippen LogP contribution >= 0.6 is 11.8 Å². The van der Waals surface area contributed by atoms with E-state index in [1.54, 1.807) is 18.2 Å². The van der Waals surface area contributed by atoms with Crippen molar-refractivity contribution < 1.29 is 9.18 Å². The molecule has 0 saturated heterocycles. The van der Waals surface area contributed by atoms with Gasteiger partial charge in [0.1, 0.15) is 5.82 Å². The number of benzene rings is 1. The highest BCUT2D eigenvalue weighted by Gasteiger charge is 2.23. The van der Waals surface area contributed by atoms with E-state index < -0.39 is 0 Å². The molecule has 152 valence electrons. The van der Waals surface area contributed by atoms with Gasteiger partial charge in [0.15, 0.2) is 11.0 Å². The number of rotatable bonds is 7. The molecule has 0 radical (unpaired) electrons. The zero-order valence-corrected chi connectivity index (χ0v) is 17.6. The minimum absolute atomic E-state index is 0.0234. The van der Waals surface area contributed by atoms with Crippen LogP contribution in [0.5, 0.6) is 0 Å². The standard InChI is InChI=1S/C21H29FN4OS/c1-14(2)12-26-20(16-9-5-6-10-17(16)22)24-25-21(26)28-13-19(27)23-18-11-7-4-8-15(18)3/h5-6,9-10,14-15,18H,4,7-8,11-13H2,1-3H3,(H,23,27)/t15-,18+/m0/s1. The Balaban J connectivity index is 1.71. The van der Waals surface area contributed by atoms with Gasteiger partial charge in [-0.05, 0) is 36.8 Å². The predicted octanol–water partition coefficient (Wildman–Crippen LogP) is 4.53. The zero-order chi connectivity index (χ0) is 20.1. The second-order valence-corrected chi connectivity index (χ2v) is 8.96. The van der Waals surface area contributed by atoms with Crippen molar-refractivity contribution in [3.63, 3.8) is 0 Å². The van der Waals surface area contributed by atoms with Crippen LogP contribution < -0.4 is 5.32 Å². The predicted molar refractivity (Wildman–Crippen MR) is 111 cm³/mol. The van der Waals surface area contributed by atoms with E-state index in [0.717, 1.165) is 6.42 Å². The molecule has 1 N–H and O–H groups in total. The largest absolute Gasteiger partial charge is 0.352 e. The van der Waals surface area contributed by atoms with E-state index >= 15 is 0 Å². The minimum atomic E-state index is -0.319. The summed E-state index contributed by atoms with van der Waals surface area (Å²) in [6.45, 7) is 7.06. The minimum Gasteiger partial charge on any atom is -0.352 e. The SMILES string of the molecule is CC(C)Cn1c(SCC(=O)N[C@@H]2CCCC[C@@H]2C)nnc1-c1ccccc1F. The zero-order valence-electron chi connectivity index (χ0n) is 16.8. The number of halogens is 1. The third kappa shape index (κ3) is 5.13. The Morgan fingerprint density at radius 2 is 2.04 bits per heavy atom. The molecule has 1 aromatic heterocycles. The molecule has 0 spiro atoms. The van der Waals surface area contributed by atoms with E-state index in [1.807, 2.05) is 4.57 Å². The second kappa shape index (κ2) is 9.54. The molecule has 28 heavy (non-hydrogen) atoms. The molecule has 7 heteroatoms. The second-order valence-electron chi connectivity index (χ2n) is 8.01. The summed E-state index contributed by atoms with van der Waals surface area (Å²) in [5.74, 6) is 1.38. The molecule has 5 nitrogen and oxygen atoms in total. The summed E-state index contributed by atoms with van der Waals surface area (Å²) in [5.41, 5.74) is 0.433. The van der Waals surface area contributed by atoms with Gasteiger partial charge in [-0.25, -0.2) is 4.39 Å². The Labute approximate surface area is 170 Å². The lowest BCUT2D eigenvalue weighted by molar-refractivity contribution is -0.119. The number of hydrogen-bond acceptors (Lipinski definition) is 4. The van der Waals surface area contributed by atoms with E-state index in [2.05, 4.69) is 36.3 Å². The van der Waals surface area contributed by atoms with Crippen LogP contribution in [0.3, 0.4) is 0 Å². The van der Waals surface area contributed by atoms with Gasteiger partial charge in [0.05, 0.1) is 11.3 Å². The molecule has 1 aliphatic carbocycles. The highest BCUT2D eigenvalue weighted by molar-refractivity contribution is 7.99. The van der Waals surface area contributed by atoms with Gasteiger partial charge >= 0.3 is 0 Å². The van der Waals surface area contributed by atoms with Crippen LogP contribution in [-0.2, 0) is 11.3 Å². The summed E-state index contributed by atoms with van der Waals surface area (Å²) >= 11 is 1.36. The van der Waals surface area contributed by atoms with Crippen molar-refractivity contribution >= 4 is 17.7 Å². The summed E-state index contributed by atoms with van der Waals surface area (Å²) in [5, 5.41) is 12.3. The first-order chi connectivity index (χ1) is 13.5. The maximum Gasteiger partial charge on any atom is 0.230 e. The maximum absolute atomic E-state index is 14.3. The molecule has 2 atom stereocenters. The monoisotopic (exact) mass is 404 g/mol. The van der Waals surface area contributed by atoms with E-state index in [0.29, 0.717) is 34.9 Å². The van der Waals surface area contributed by atoms with E-state index in [1.165, 1.54) is 37.1 Å². The lowest BCUT2D eigenvalue weighted by Gasteiger charge is -2.29. The molecule has 1 saturated carbocycles. The molecule has 2 aromatic rings. The molecule has 1 heterocycles. The van der Waals surface area contributed by atoms with Crippen molar-refractivity contribution in [2.45, 2.75) is 64.2 Å². The summed E-state index contributed by atoms with van der Waals surface area (Å²) in [7, 11) is 0. The molecular formula is C21H29FN4OS. The van der Waals surface area contributed by atoms with Crippen molar-refractivity contribution in [3.05, 3.63) is 30.1 Å². The first-order valence-electron chi connectivity index (χ1n) is 10.1. The molecule has 1 aliphatic rings. The molecule has 0 bridgehead atoms. The van der Waals surface area contributed by atoms with Gasteiger partial charge in [0.2, 0.25) is 5.91 Å². The molecule has 1 amide bonds. The number of carbonyl (C=O) groups is 1. The number of nitrogens with zero attached hydrogens (tertiary/aromatic N) is 3. The quantitative estimate of drug-likeness (QED) is 0.689. The van der Waals surface area contributed by atoms with Crippen LogP contribution in [0.1, 0.15) is 46.5 Å². The molecule has 0 unspecified atom stereocenters. The summed E-state index contributed by atoms with van der Waals surface area (Å²) in [6.07, 6.45) is 4.65. The lowest BCUT2D eigenvalue weighted by atomic mass is 9.86. The third-order valence-electron chi connectivity index (χ3n) is 5.17. The number of aromatic nitrogens is 3. The topological polar surface area (TPSA) is 59.8 Å². The van der Waals surface area contributed by atoms with Gasteiger partial charge in [-0.2, -0.15) is 0 Å². The fourth-order valence-corrected chi connectivity index (χ4v) is 4.44. The maximum atomic E-state index is 14.3. The number of carbonyl (C=O) groups excluding carboxylic acids is 1. The summed E-state index contributed by atoms with van der Waals surface area (Å²) in [6, 6.07) is 6.86. The van der Waals surface area contributed by atoms with Gasteiger partial charge in [0.25, 0.3) is 0 Å². The smallest absolute Gasteiger partial charge is 0.230 e. The van der Waals surface area contributed by atoms with Crippen LogP contribution in [-0.4, -0.2) is 32.5 Å². The van der Waals surface area contributed by atoms with E-state index in [4.69, 9.17) is 0 Å². The van der Waals surface area contributed by atoms with Crippen molar-refractivity contribution in [1.29, 1.82) is 0 Å². The fourth-order valence-electron chi connectivity index (χ4n) is 3.68. The van der Waals surface area contributed by atoms with Crippen LogP contribution in [0.15, 0.2) is 29.4 Å². The first-order valence-corrected chi connectivity index (χ1v) is 11.0. The Morgan fingerprint density at radius 3 is 2.75 bits per heavy atom. The normalized spacial score (nSPS) is 19.8. The molecule has 1 aromatic carbocycles. The van der Waals surface area contributed by atoms with Gasteiger partial charge in [-0.1, -0.05) is 57.5 Å². The summed E-state index contributed by atoms with van der Waals surface area (Å²) in [4.78, 5) is 12.4. The third-order valence-corrected chi connectivity index (χ3v) is 6.14. The van der Waals surface area contributed by atoms with Gasteiger partial charge in [-0.3, -0.25) is 4.79 Å². The number of thioether (sulfide) groups is 1. The first kappa shape index (κ1) is 20.8. The Kier molecular flexibility index (Phi) is 7.10. The van der Waals surface area contributed by atoms with Crippen molar-refractivity contribution in [2.75, 3.05) is 5.75 Å². The number of hydrogen-bond donors (Lipinski definition) is 1. The molecule has 0 aliphatic heterocycles. The Bertz CT molecular complexity index is 807. The van der Waals surface area contributed by atoms with Crippen LogP contribution in [0, 0.1) is 17.7 Å². The molecule has 1 fully saturated rings. The fraction of sp³-hybridized carbons (Fsp3) is 0.571. The van der Waals surface area contributed by atoms with Crippen molar-refractivity contribution in [2.24, 2.45) is 11.8 Å². The lowest BCUT2D eigenvalue weighted by Crippen LogP contribution is -2.41. The average Bonchev–Trinajstić information content (AvgIpc) is 3.04. The molecule has 3 rings (SSSR count). The van der Waals surface area contributed by atoms with Crippen molar-refractivity contribution in [3.8, 4) is 11.4 Å². The van der Waals surface area contributed by atoms with Crippen LogP contribution in [0.25, 0.3) is 11.4 Å². The number of amides is 1. The van der Waals surface area contributed by atoms with Gasteiger partial charge < -0.3 is 9.88 Å². The summed E-state index contributed by atoms with van der Waals surface area (Å²) < 4.78 is 16.2. The highest BCUT2D eigenvalue weighted by atomic mass is 32.2. The molecular weight excluding hydrogens is 375 g/mol. The van der Waals surface area contributed by atoms with E-state index in [9.17, 15) is 9.18 Å². The van der Waals surface area contributed by atoms with E-state index in [-0.39, 0.29) is 23.5 Å². The Morgan fingerprint density at radius 1 is 1.29 bits per heavy atom. The average molecular weight is 405 g/mol. The van der Waals surface area contributed by atoms with Gasteiger partial charge in [-0.15, -0.1) is 10.2 Å². The van der Waals surface area contributed by atoms with Crippen LogP contribution in [0.4, 0.5) is 4.39 Å². The number of nitrogens with one attached hydrogen (secondary N) is 1. The van der Waals surface area contributed by atoms with Crippen LogP contribution in [0.2, 0.25) is 0 Å². The highest BCUT2D eigenvalue weighted by Crippen LogP contribution is 2.27. The van der Waals surface area contributed by atoms with Gasteiger partial charge in [0, 0.05) is 12.6 Å².